The van der Waals surface area contributed by atoms with E-state index in [9.17, 15) is 0 Å². The van der Waals surface area contributed by atoms with Crippen molar-refractivity contribution >= 4 is 22.9 Å². The lowest BCUT2D eigenvalue weighted by atomic mass is 10.1. The quantitative estimate of drug-likeness (QED) is 0.697. The summed E-state index contributed by atoms with van der Waals surface area (Å²) < 4.78 is 0. The van der Waals surface area contributed by atoms with Crippen LogP contribution in [0.1, 0.15) is 18.2 Å². The normalized spacial score (nSPS) is 13.4. The van der Waals surface area contributed by atoms with Gasteiger partial charge in [0.25, 0.3) is 0 Å². The summed E-state index contributed by atoms with van der Waals surface area (Å²) >= 11 is 7.51. The van der Waals surface area contributed by atoms with Crippen molar-refractivity contribution in [1.82, 2.24) is 5.73 Å². The van der Waals surface area contributed by atoms with E-state index < -0.39 is 0 Å². The van der Waals surface area contributed by atoms with Crippen molar-refractivity contribution in [2.24, 2.45) is 0 Å². The molecule has 0 bridgehead atoms. The highest BCUT2D eigenvalue weighted by molar-refractivity contribution is 7.10. The van der Waals surface area contributed by atoms with Crippen LogP contribution < -0.4 is 5.73 Å². The van der Waals surface area contributed by atoms with Gasteiger partial charge in [0.05, 0.1) is 5.02 Å². The Morgan fingerprint density at radius 1 is 1.73 bits per heavy atom. The standard InChI is InChI=1S/C8H11ClNS/c1-2-6(10)5-8-7(9)3-4-11-8/h3-4,6,10H,2,5H2,1H3/t6-/m1/s1. The Morgan fingerprint density at radius 2 is 2.45 bits per heavy atom. The van der Waals surface area contributed by atoms with Crippen molar-refractivity contribution in [2.45, 2.75) is 25.8 Å². The molecule has 61 valence electrons. The van der Waals surface area contributed by atoms with Crippen molar-refractivity contribution in [2.75, 3.05) is 0 Å². The van der Waals surface area contributed by atoms with Crippen LogP contribution in [0.15, 0.2) is 11.4 Å². The molecule has 0 aliphatic carbocycles. The average Bonchev–Trinajstić information content (AvgIpc) is 2.37. The van der Waals surface area contributed by atoms with E-state index in [0.29, 0.717) is 0 Å². The van der Waals surface area contributed by atoms with Crippen molar-refractivity contribution in [3.05, 3.63) is 21.3 Å². The van der Waals surface area contributed by atoms with E-state index in [2.05, 4.69) is 0 Å². The van der Waals surface area contributed by atoms with Crippen LogP contribution in [0.4, 0.5) is 0 Å². The van der Waals surface area contributed by atoms with E-state index in [1.54, 1.807) is 11.3 Å². The zero-order valence-corrected chi connectivity index (χ0v) is 8.00. The van der Waals surface area contributed by atoms with E-state index >= 15 is 0 Å². The maximum Gasteiger partial charge on any atom is 0.0545 e. The van der Waals surface area contributed by atoms with Gasteiger partial charge in [0.1, 0.15) is 0 Å². The molecular weight excluding hydrogens is 178 g/mol. The maximum absolute atomic E-state index is 7.54. The molecule has 0 spiro atoms. The van der Waals surface area contributed by atoms with E-state index in [0.717, 1.165) is 22.7 Å². The Bertz CT molecular complexity index is 222. The minimum atomic E-state index is 0.00569. The molecular formula is C8H11ClNS. The molecule has 1 rings (SSSR count). The minimum Gasteiger partial charge on any atom is -0.254 e. The zero-order chi connectivity index (χ0) is 8.27. The van der Waals surface area contributed by atoms with Crippen LogP contribution in [-0.4, -0.2) is 6.04 Å². The number of hydrogen-bond donors (Lipinski definition) is 0. The highest BCUT2D eigenvalue weighted by atomic mass is 35.5. The van der Waals surface area contributed by atoms with Crippen molar-refractivity contribution < 1.29 is 0 Å². The minimum absolute atomic E-state index is 0.00569. The molecule has 3 heteroatoms. The fourth-order valence-corrected chi connectivity index (χ4v) is 2.03. The molecule has 1 heterocycles. The SMILES string of the molecule is CC[C@@H]([NH])Cc1sccc1Cl. The Hall–Kier alpha value is -0.0500. The van der Waals surface area contributed by atoms with Crippen LogP contribution in [0.5, 0.6) is 0 Å². The Morgan fingerprint density at radius 3 is 2.91 bits per heavy atom. The van der Waals surface area contributed by atoms with Crippen LogP contribution in [0.25, 0.3) is 0 Å². The van der Waals surface area contributed by atoms with Gasteiger partial charge in [-0.2, -0.15) is 0 Å². The molecule has 1 atom stereocenters. The van der Waals surface area contributed by atoms with Crippen LogP contribution in [-0.2, 0) is 6.42 Å². The first-order valence-corrected chi connectivity index (χ1v) is 4.92. The maximum atomic E-state index is 7.54. The molecule has 0 aromatic carbocycles. The predicted molar refractivity (Wildman–Crippen MR) is 50.2 cm³/mol. The van der Waals surface area contributed by atoms with Gasteiger partial charge in [0.2, 0.25) is 0 Å². The molecule has 1 N–H and O–H groups in total. The summed E-state index contributed by atoms with van der Waals surface area (Å²) in [7, 11) is 0. The molecule has 0 saturated heterocycles. The number of halogens is 1. The fraction of sp³-hybridized carbons (Fsp3) is 0.500. The van der Waals surface area contributed by atoms with Crippen molar-refractivity contribution in [3.8, 4) is 0 Å². The second kappa shape index (κ2) is 4.10. The van der Waals surface area contributed by atoms with Crippen LogP contribution >= 0.6 is 22.9 Å². The third kappa shape index (κ3) is 2.47. The smallest absolute Gasteiger partial charge is 0.0545 e. The first kappa shape index (κ1) is 9.04. The van der Waals surface area contributed by atoms with E-state index in [-0.39, 0.29) is 6.04 Å². The first-order chi connectivity index (χ1) is 5.24. The van der Waals surface area contributed by atoms with Gasteiger partial charge in [-0.05, 0) is 24.3 Å². The van der Waals surface area contributed by atoms with Gasteiger partial charge in [-0.15, -0.1) is 11.3 Å². The third-order valence-electron chi connectivity index (χ3n) is 1.62. The molecule has 0 fully saturated rings. The van der Waals surface area contributed by atoms with E-state index in [1.165, 1.54) is 0 Å². The molecule has 1 aromatic rings. The van der Waals surface area contributed by atoms with Gasteiger partial charge in [0, 0.05) is 10.9 Å². The summed E-state index contributed by atoms with van der Waals surface area (Å²) in [4.78, 5) is 1.15. The van der Waals surface area contributed by atoms with E-state index in [1.807, 2.05) is 18.4 Å². The molecule has 1 aromatic heterocycles. The van der Waals surface area contributed by atoms with Crippen LogP contribution in [0, 0.1) is 0 Å². The van der Waals surface area contributed by atoms with Crippen molar-refractivity contribution in [1.29, 1.82) is 0 Å². The zero-order valence-electron chi connectivity index (χ0n) is 6.43. The molecule has 11 heavy (non-hydrogen) atoms. The molecule has 1 nitrogen and oxygen atoms in total. The van der Waals surface area contributed by atoms with Gasteiger partial charge in [-0.3, -0.25) is 5.73 Å². The molecule has 1 radical (unpaired) electrons. The molecule has 0 aliphatic heterocycles. The monoisotopic (exact) mass is 188 g/mol. The fourth-order valence-electron chi connectivity index (χ4n) is 0.839. The lowest BCUT2D eigenvalue weighted by molar-refractivity contribution is 0.632. The summed E-state index contributed by atoms with van der Waals surface area (Å²) in [5, 5.41) is 2.79. The lowest BCUT2D eigenvalue weighted by Crippen LogP contribution is -2.09. The Balaban J connectivity index is 2.56. The average molecular weight is 189 g/mol. The largest absolute Gasteiger partial charge is 0.254 e. The van der Waals surface area contributed by atoms with Gasteiger partial charge in [0.15, 0.2) is 0 Å². The number of nitrogens with one attached hydrogen (secondary N) is 1. The molecule has 0 unspecified atom stereocenters. The highest BCUT2D eigenvalue weighted by Crippen LogP contribution is 2.23. The second-order valence-corrected chi connectivity index (χ2v) is 3.91. The van der Waals surface area contributed by atoms with Crippen LogP contribution in [0.2, 0.25) is 5.02 Å². The second-order valence-electron chi connectivity index (χ2n) is 2.50. The number of rotatable bonds is 3. The van der Waals surface area contributed by atoms with E-state index in [4.69, 9.17) is 17.3 Å². The lowest BCUT2D eigenvalue weighted by Gasteiger charge is -2.04. The summed E-state index contributed by atoms with van der Waals surface area (Å²) in [6, 6.07) is 1.90. The summed E-state index contributed by atoms with van der Waals surface area (Å²) in [5.74, 6) is 0. The van der Waals surface area contributed by atoms with Crippen molar-refractivity contribution in [3.63, 3.8) is 0 Å². The summed E-state index contributed by atoms with van der Waals surface area (Å²) in [6.45, 7) is 2.03. The van der Waals surface area contributed by atoms with Crippen LogP contribution in [0.3, 0.4) is 0 Å². The van der Waals surface area contributed by atoms with Gasteiger partial charge >= 0.3 is 0 Å². The molecule has 0 saturated carbocycles. The Kier molecular flexibility index (Phi) is 3.37. The molecule has 0 amide bonds. The van der Waals surface area contributed by atoms with Gasteiger partial charge in [-0.25, -0.2) is 0 Å². The molecule has 0 aliphatic rings. The summed E-state index contributed by atoms with van der Waals surface area (Å²) in [5.41, 5.74) is 7.54. The topological polar surface area (TPSA) is 23.8 Å². The van der Waals surface area contributed by atoms with Gasteiger partial charge in [-0.1, -0.05) is 18.5 Å². The highest BCUT2D eigenvalue weighted by Gasteiger charge is 2.06. The van der Waals surface area contributed by atoms with Gasteiger partial charge < -0.3 is 0 Å². The predicted octanol–water partition coefficient (Wildman–Crippen LogP) is 3.01. The Labute approximate surface area is 76.2 Å². The first-order valence-electron chi connectivity index (χ1n) is 3.67. The third-order valence-corrected chi connectivity index (χ3v) is 3.03. The number of thiophene rings is 1. The number of hydrogen-bond acceptors (Lipinski definition) is 1. The summed E-state index contributed by atoms with van der Waals surface area (Å²) in [6.07, 6.45) is 1.70.